The topological polar surface area (TPSA) is 0 Å². The van der Waals surface area contributed by atoms with E-state index in [4.69, 9.17) is 0 Å². The van der Waals surface area contributed by atoms with Gasteiger partial charge in [0.05, 0.1) is 0 Å². The van der Waals surface area contributed by atoms with Crippen LogP contribution in [0.5, 0.6) is 0 Å². The van der Waals surface area contributed by atoms with E-state index in [-0.39, 0.29) is 5.41 Å². The minimum absolute atomic E-state index is 0.0314. The minimum atomic E-state index is 0.0314. The van der Waals surface area contributed by atoms with Gasteiger partial charge in [0.15, 0.2) is 0 Å². The van der Waals surface area contributed by atoms with Gasteiger partial charge in [0.25, 0.3) is 0 Å². The van der Waals surface area contributed by atoms with Gasteiger partial charge in [-0.2, -0.15) is 0 Å². The zero-order valence-electron chi connectivity index (χ0n) is 15.7. The van der Waals surface area contributed by atoms with Crippen LogP contribution in [-0.2, 0) is 5.41 Å². The fourth-order valence-electron chi connectivity index (χ4n) is 4.57. The molecule has 0 saturated carbocycles. The van der Waals surface area contributed by atoms with Crippen LogP contribution in [-0.4, -0.2) is 0 Å². The van der Waals surface area contributed by atoms with Crippen LogP contribution in [0.2, 0.25) is 0 Å². The molecule has 0 atom stereocenters. The number of hydrogen-bond acceptors (Lipinski definition) is 0. The molecule has 0 N–H and O–H groups in total. The monoisotopic (exact) mass is 346 g/mol. The summed E-state index contributed by atoms with van der Waals surface area (Å²) in [6.07, 6.45) is 0. The van der Waals surface area contributed by atoms with Crippen LogP contribution in [0.4, 0.5) is 0 Å². The fraction of sp³-hybridized carbons (Fsp3) is 0.111. The first-order chi connectivity index (χ1) is 13.2. The molecule has 0 bridgehead atoms. The van der Waals surface area contributed by atoms with Gasteiger partial charge in [-0.05, 0) is 44.5 Å². The van der Waals surface area contributed by atoms with Crippen LogP contribution in [0.3, 0.4) is 0 Å². The molecular formula is C27H22. The Morgan fingerprint density at radius 1 is 0.444 bits per heavy atom. The maximum atomic E-state index is 2.34. The predicted octanol–water partition coefficient (Wildman–Crippen LogP) is 7.33. The minimum Gasteiger partial charge on any atom is -0.0622 e. The summed E-state index contributed by atoms with van der Waals surface area (Å²) in [5, 5.41) is 0. The SMILES string of the molecule is CC1(C)c2ccccc2-c2c(-c3ccccc3-c3ccccc3)cccc21. The highest BCUT2D eigenvalue weighted by molar-refractivity contribution is 5.96. The number of fused-ring (bicyclic) bond motifs is 3. The lowest BCUT2D eigenvalue weighted by Gasteiger charge is -2.22. The lowest BCUT2D eigenvalue weighted by molar-refractivity contribution is 0.660. The van der Waals surface area contributed by atoms with Gasteiger partial charge < -0.3 is 0 Å². The van der Waals surface area contributed by atoms with Gasteiger partial charge >= 0.3 is 0 Å². The quantitative estimate of drug-likeness (QED) is 0.356. The van der Waals surface area contributed by atoms with Crippen LogP contribution in [0.1, 0.15) is 25.0 Å². The van der Waals surface area contributed by atoms with E-state index in [0.29, 0.717) is 0 Å². The Bertz CT molecular complexity index is 1130. The van der Waals surface area contributed by atoms with E-state index in [9.17, 15) is 0 Å². The Balaban J connectivity index is 1.82. The number of hydrogen-bond donors (Lipinski definition) is 0. The van der Waals surface area contributed by atoms with Crippen molar-refractivity contribution in [3.63, 3.8) is 0 Å². The molecule has 5 rings (SSSR count). The molecule has 0 amide bonds. The zero-order valence-corrected chi connectivity index (χ0v) is 15.7. The lowest BCUT2D eigenvalue weighted by atomic mass is 9.81. The van der Waals surface area contributed by atoms with Gasteiger partial charge in [-0.15, -0.1) is 0 Å². The molecule has 0 unspecified atom stereocenters. The second-order valence-corrected chi connectivity index (χ2v) is 7.81. The fourth-order valence-corrected chi connectivity index (χ4v) is 4.57. The average Bonchev–Trinajstić information content (AvgIpc) is 2.97. The standard InChI is InChI=1S/C27H22/c1-27(2)24-17-9-8-15-23(24)26-22(16-10-18-25(26)27)21-14-7-6-13-20(21)19-11-4-3-5-12-19/h3-18H,1-2H3. The van der Waals surface area contributed by atoms with E-state index >= 15 is 0 Å². The first kappa shape index (κ1) is 16.1. The molecule has 1 aliphatic carbocycles. The molecule has 27 heavy (non-hydrogen) atoms. The Morgan fingerprint density at radius 2 is 1.00 bits per heavy atom. The average molecular weight is 346 g/mol. The van der Waals surface area contributed by atoms with Crippen molar-refractivity contribution in [1.29, 1.82) is 0 Å². The molecule has 0 heterocycles. The lowest BCUT2D eigenvalue weighted by Crippen LogP contribution is -2.14. The summed E-state index contributed by atoms with van der Waals surface area (Å²) in [5.41, 5.74) is 10.8. The van der Waals surface area contributed by atoms with Gasteiger partial charge in [-0.3, -0.25) is 0 Å². The van der Waals surface area contributed by atoms with Crippen LogP contribution in [0.25, 0.3) is 33.4 Å². The summed E-state index contributed by atoms with van der Waals surface area (Å²) in [6, 6.07) is 35.1. The molecule has 0 aliphatic heterocycles. The highest BCUT2D eigenvalue weighted by Crippen LogP contribution is 2.52. The van der Waals surface area contributed by atoms with E-state index in [1.165, 1.54) is 44.5 Å². The third-order valence-electron chi connectivity index (χ3n) is 5.91. The smallest absolute Gasteiger partial charge is 0.0159 e. The van der Waals surface area contributed by atoms with Gasteiger partial charge in [0.1, 0.15) is 0 Å². The first-order valence-electron chi connectivity index (χ1n) is 9.56. The van der Waals surface area contributed by atoms with Crippen LogP contribution in [0.15, 0.2) is 97.1 Å². The predicted molar refractivity (Wildman–Crippen MR) is 115 cm³/mol. The molecule has 0 saturated heterocycles. The van der Waals surface area contributed by atoms with Gasteiger partial charge in [-0.1, -0.05) is 111 Å². The molecule has 0 heteroatoms. The third-order valence-corrected chi connectivity index (χ3v) is 5.91. The molecular weight excluding hydrogens is 324 g/mol. The van der Waals surface area contributed by atoms with Crippen molar-refractivity contribution in [2.45, 2.75) is 19.3 Å². The zero-order chi connectivity index (χ0) is 18.4. The molecule has 0 spiro atoms. The number of benzene rings is 4. The Hall–Kier alpha value is -3.12. The molecule has 130 valence electrons. The van der Waals surface area contributed by atoms with Crippen molar-refractivity contribution in [2.75, 3.05) is 0 Å². The summed E-state index contributed by atoms with van der Waals surface area (Å²) < 4.78 is 0. The van der Waals surface area contributed by atoms with E-state index in [2.05, 4.69) is 111 Å². The highest BCUT2D eigenvalue weighted by atomic mass is 14.4. The summed E-state index contributed by atoms with van der Waals surface area (Å²) in [5.74, 6) is 0. The summed E-state index contributed by atoms with van der Waals surface area (Å²) in [6.45, 7) is 4.68. The van der Waals surface area contributed by atoms with Crippen LogP contribution >= 0.6 is 0 Å². The van der Waals surface area contributed by atoms with Crippen molar-refractivity contribution in [2.24, 2.45) is 0 Å². The first-order valence-corrected chi connectivity index (χ1v) is 9.56. The van der Waals surface area contributed by atoms with Crippen molar-refractivity contribution < 1.29 is 0 Å². The molecule has 4 aromatic rings. The molecule has 1 aliphatic rings. The van der Waals surface area contributed by atoms with Gasteiger partial charge in [0, 0.05) is 5.41 Å². The molecule has 4 aromatic carbocycles. The molecule has 0 nitrogen and oxygen atoms in total. The largest absolute Gasteiger partial charge is 0.0622 e. The third kappa shape index (κ3) is 2.37. The van der Waals surface area contributed by atoms with Gasteiger partial charge in [0.2, 0.25) is 0 Å². The maximum absolute atomic E-state index is 2.34. The van der Waals surface area contributed by atoms with Crippen LogP contribution in [0, 0.1) is 0 Å². The summed E-state index contributed by atoms with van der Waals surface area (Å²) in [4.78, 5) is 0. The van der Waals surface area contributed by atoms with Crippen molar-refractivity contribution >= 4 is 0 Å². The van der Waals surface area contributed by atoms with Gasteiger partial charge in [-0.25, -0.2) is 0 Å². The second-order valence-electron chi connectivity index (χ2n) is 7.81. The summed E-state index contributed by atoms with van der Waals surface area (Å²) >= 11 is 0. The van der Waals surface area contributed by atoms with E-state index in [0.717, 1.165) is 0 Å². The normalized spacial score (nSPS) is 13.9. The molecule has 0 fully saturated rings. The molecule has 0 radical (unpaired) electrons. The Morgan fingerprint density at radius 3 is 1.78 bits per heavy atom. The number of rotatable bonds is 2. The van der Waals surface area contributed by atoms with Crippen LogP contribution < -0.4 is 0 Å². The van der Waals surface area contributed by atoms with E-state index in [1.54, 1.807) is 0 Å². The second kappa shape index (κ2) is 5.96. The van der Waals surface area contributed by atoms with Crippen molar-refractivity contribution in [1.82, 2.24) is 0 Å². The van der Waals surface area contributed by atoms with Crippen molar-refractivity contribution in [3.05, 3.63) is 108 Å². The maximum Gasteiger partial charge on any atom is 0.0159 e. The Labute approximate surface area is 161 Å². The molecule has 0 aromatic heterocycles. The Kier molecular flexibility index (Phi) is 3.55. The highest BCUT2D eigenvalue weighted by Gasteiger charge is 2.36. The summed E-state index contributed by atoms with van der Waals surface area (Å²) in [7, 11) is 0. The van der Waals surface area contributed by atoms with E-state index < -0.39 is 0 Å². The van der Waals surface area contributed by atoms with Crippen molar-refractivity contribution in [3.8, 4) is 33.4 Å². The van der Waals surface area contributed by atoms with E-state index in [1.807, 2.05) is 0 Å².